The smallest absolute Gasteiger partial charge is 0.335 e. The normalized spacial score (nSPS) is 18.9. The van der Waals surface area contributed by atoms with Gasteiger partial charge in [0.1, 0.15) is 5.75 Å². The minimum absolute atomic E-state index is 0.126. The van der Waals surface area contributed by atoms with E-state index in [0.29, 0.717) is 23.8 Å². The first-order chi connectivity index (χ1) is 14.6. The molecule has 1 aliphatic heterocycles. The van der Waals surface area contributed by atoms with Gasteiger partial charge in [-0.1, -0.05) is 31.5 Å². The van der Waals surface area contributed by atoms with E-state index in [1.807, 2.05) is 20.2 Å². The van der Waals surface area contributed by atoms with Crippen LogP contribution in [0.5, 0.6) is 5.75 Å². The molecule has 2 aromatic rings. The average molecular weight is 466 g/mol. The second-order valence-electron chi connectivity index (χ2n) is 8.11. The number of carboxylic acids is 1. The van der Waals surface area contributed by atoms with Crippen LogP contribution in [0.25, 0.3) is 0 Å². The Labute approximate surface area is 189 Å². The first kappa shape index (κ1) is 23.5. The van der Waals surface area contributed by atoms with Crippen LogP contribution in [0.4, 0.5) is 5.69 Å². The van der Waals surface area contributed by atoms with Crippen LogP contribution >= 0.6 is 11.6 Å². The summed E-state index contributed by atoms with van der Waals surface area (Å²) in [6.45, 7) is 5.21. The minimum Gasteiger partial charge on any atom is -0.478 e. The van der Waals surface area contributed by atoms with E-state index in [1.165, 1.54) is 24.3 Å². The summed E-state index contributed by atoms with van der Waals surface area (Å²) in [5.74, 6) is -0.489. The molecule has 2 atom stereocenters. The summed E-state index contributed by atoms with van der Waals surface area (Å²) < 4.78 is 26.1. The zero-order chi connectivity index (χ0) is 22.8. The van der Waals surface area contributed by atoms with E-state index >= 15 is 0 Å². The maximum atomic E-state index is 14.0. The van der Waals surface area contributed by atoms with Crippen LogP contribution in [0.1, 0.15) is 42.1 Å². The molecular formula is C22H28ClN3O4S. The summed E-state index contributed by atoms with van der Waals surface area (Å²) >= 11 is 6.42. The van der Waals surface area contributed by atoms with E-state index < -0.39 is 16.2 Å². The molecule has 168 valence electrons. The summed E-state index contributed by atoms with van der Waals surface area (Å²) in [6.07, 6.45) is 0.841. The summed E-state index contributed by atoms with van der Waals surface area (Å²) in [5, 5.41) is 9.67. The molecule has 0 aromatic heterocycles. The van der Waals surface area contributed by atoms with Gasteiger partial charge in [0.25, 0.3) is 10.2 Å². The standard InChI is InChI=1S/C22H28ClN3O4S/c1-15(2)20-10-7-17(13-21(20)23)24-31(29,26-12-11-18(14-26)25(3)4)30-19-8-5-16(6-9-19)22(27)28/h5-10,13,15,18H,11-12,14H2,1-4H3,(H,27,28)/t18-,31?/m0/s1. The molecule has 1 aliphatic rings. The monoisotopic (exact) mass is 465 g/mol. The number of hydrogen-bond donors (Lipinski definition) is 1. The highest BCUT2D eigenvalue weighted by atomic mass is 35.5. The molecule has 0 aliphatic carbocycles. The number of carbonyl (C=O) groups is 1. The fraction of sp³-hybridized carbons (Fsp3) is 0.409. The number of nitrogens with zero attached hydrogens (tertiary/aromatic N) is 3. The Balaban J connectivity index is 2.00. The van der Waals surface area contributed by atoms with Crippen molar-refractivity contribution in [3.05, 3.63) is 58.6 Å². The molecule has 1 unspecified atom stereocenters. The molecule has 7 nitrogen and oxygen atoms in total. The van der Waals surface area contributed by atoms with Crippen LogP contribution < -0.4 is 4.18 Å². The largest absolute Gasteiger partial charge is 0.478 e. The molecule has 1 N–H and O–H groups in total. The van der Waals surface area contributed by atoms with E-state index in [0.717, 1.165) is 12.0 Å². The molecule has 0 radical (unpaired) electrons. The number of benzene rings is 2. The zero-order valence-corrected chi connectivity index (χ0v) is 19.7. The van der Waals surface area contributed by atoms with Gasteiger partial charge in [0.15, 0.2) is 0 Å². The van der Waals surface area contributed by atoms with Gasteiger partial charge in [0, 0.05) is 24.2 Å². The number of rotatable bonds is 7. The van der Waals surface area contributed by atoms with Gasteiger partial charge in [-0.15, -0.1) is 0 Å². The molecule has 9 heteroatoms. The highest BCUT2D eigenvalue weighted by molar-refractivity contribution is 7.87. The van der Waals surface area contributed by atoms with Crippen molar-refractivity contribution in [1.29, 1.82) is 0 Å². The lowest BCUT2D eigenvalue weighted by Crippen LogP contribution is -2.36. The van der Waals surface area contributed by atoms with E-state index in [9.17, 15) is 9.00 Å². The second kappa shape index (κ2) is 9.56. The number of likely N-dealkylation sites (N-methyl/N-ethyl adjacent to an activating group) is 1. The fourth-order valence-corrected chi connectivity index (χ4v) is 5.51. The van der Waals surface area contributed by atoms with Crippen LogP contribution in [-0.4, -0.2) is 57.7 Å². The van der Waals surface area contributed by atoms with Crippen molar-refractivity contribution in [3.8, 4) is 5.75 Å². The summed E-state index contributed by atoms with van der Waals surface area (Å²) in [5.41, 5.74) is 1.58. The third kappa shape index (κ3) is 5.57. The molecule has 1 heterocycles. The topological polar surface area (TPSA) is 82.4 Å². The molecule has 0 spiro atoms. The van der Waals surface area contributed by atoms with Gasteiger partial charge in [-0.05, 0) is 68.4 Å². The molecular weight excluding hydrogens is 438 g/mol. The highest BCUT2D eigenvalue weighted by Gasteiger charge is 2.33. The van der Waals surface area contributed by atoms with Gasteiger partial charge in [-0.2, -0.15) is 12.9 Å². The van der Waals surface area contributed by atoms with E-state index in [2.05, 4.69) is 23.1 Å². The Morgan fingerprint density at radius 3 is 2.45 bits per heavy atom. The first-order valence-corrected chi connectivity index (χ1v) is 11.9. The number of carboxylic acid groups (broad SMARTS) is 1. The molecule has 0 bridgehead atoms. The van der Waals surface area contributed by atoms with Crippen LogP contribution in [-0.2, 0) is 10.2 Å². The first-order valence-electron chi connectivity index (χ1n) is 10.1. The Hall–Kier alpha value is -2.13. The number of aromatic carboxylic acids is 1. The predicted octanol–water partition coefficient (Wildman–Crippen LogP) is 4.81. The molecule has 0 amide bonds. The third-order valence-electron chi connectivity index (χ3n) is 5.32. The van der Waals surface area contributed by atoms with Crippen LogP contribution in [0.15, 0.2) is 46.8 Å². The van der Waals surface area contributed by atoms with Gasteiger partial charge in [0.05, 0.1) is 11.3 Å². The summed E-state index contributed by atoms with van der Waals surface area (Å²) in [7, 11) is 0.681. The van der Waals surface area contributed by atoms with Crippen molar-refractivity contribution in [2.45, 2.75) is 32.2 Å². The van der Waals surface area contributed by atoms with Crippen molar-refractivity contribution >= 4 is 33.5 Å². The Bertz CT molecular complexity index is 1060. The van der Waals surface area contributed by atoms with Crippen molar-refractivity contribution in [2.24, 2.45) is 4.36 Å². The quantitative estimate of drug-likeness (QED) is 0.634. The maximum Gasteiger partial charge on any atom is 0.335 e. The Kier molecular flexibility index (Phi) is 7.26. The summed E-state index contributed by atoms with van der Waals surface area (Å²) in [6, 6.07) is 11.4. The molecule has 1 saturated heterocycles. The van der Waals surface area contributed by atoms with Crippen molar-refractivity contribution in [1.82, 2.24) is 9.21 Å². The molecule has 3 rings (SSSR count). The fourth-order valence-electron chi connectivity index (χ4n) is 3.42. The van der Waals surface area contributed by atoms with Crippen LogP contribution in [0.2, 0.25) is 5.02 Å². The lowest BCUT2D eigenvalue weighted by atomic mass is 10.0. The Morgan fingerprint density at radius 1 is 1.26 bits per heavy atom. The van der Waals surface area contributed by atoms with Crippen molar-refractivity contribution < 1.29 is 18.3 Å². The maximum absolute atomic E-state index is 14.0. The SMILES string of the molecule is CC(C)c1ccc(N=S(=O)(Oc2ccc(C(=O)O)cc2)N2CC[C@H](N(C)C)C2)cc1Cl. The van der Waals surface area contributed by atoms with Gasteiger partial charge >= 0.3 is 5.97 Å². The Morgan fingerprint density at radius 2 is 1.94 bits per heavy atom. The van der Waals surface area contributed by atoms with E-state index in [-0.39, 0.29) is 23.3 Å². The molecule has 31 heavy (non-hydrogen) atoms. The van der Waals surface area contributed by atoms with Crippen LogP contribution in [0.3, 0.4) is 0 Å². The zero-order valence-electron chi connectivity index (χ0n) is 18.1. The van der Waals surface area contributed by atoms with E-state index in [4.69, 9.17) is 20.9 Å². The van der Waals surface area contributed by atoms with Gasteiger partial charge in [-0.25, -0.2) is 4.79 Å². The molecule has 1 fully saturated rings. The minimum atomic E-state index is -3.30. The average Bonchev–Trinajstić information content (AvgIpc) is 3.19. The number of hydrogen-bond acceptors (Lipinski definition) is 5. The van der Waals surface area contributed by atoms with Crippen molar-refractivity contribution in [3.63, 3.8) is 0 Å². The van der Waals surface area contributed by atoms with Gasteiger partial charge in [-0.3, -0.25) is 0 Å². The molecule has 2 aromatic carbocycles. The third-order valence-corrected chi connectivity index (χ3v) is 7.48. The van der Waals surface area contributed by atoms with Crippen molar-refractivity contribution in [2.75, 3.05) is 27.2 Å². The van der Waals surface area contributed by atoms with Crippen LogP contribution in [0, 0.1) is 0 Å². The number of halogens is 1. The second-order valence-corrected chi connectivity index (χ2v) is 10.3. The predicted molar refractivity (Wildman–Crippen MR) is 123 cm³/mol. The molecule has 0 saturated carbocycles. The van der Waals surface area contributed by atoms with Gasteiger partial charge in [0.2, 0.25) is 0 Å². The van der Waals surface area contributed by atoms with E-state index in [1.54, 1.807) is 16.4 Å². The lowest BCUT2D eigenvalue weighted by Gasteiger charge is -2.23. The summed E-state index contributed by atoms with van der Waals surface area (Å²) in [4.78, 5) is 13.2. The lowest BCUT2D eigenvalue weighted by molar-refractivity contribution is 0.0697. The highest BCUT2D eigenvalue weighted by Crippen LogP contribution is 2.31. The van der Waals surface area contributed by atoms with Gasteiger partial charge < -0.3 is 14.2 Å².